The molecule has 1 aromatic carbocycles. The Morgan fingerprint density at radius 3 is 2.50 bits per heavy atom. The van der Waals surface area contributed by atoms with Crippen molar-refractivity contribution in [3.05, 3.63) is 53.1 Å². The summed E-state index contributed by atoms with van der Waals surface area (Å²) in [5, 5.41) is 2.13. The molecule has 3 N–H and O–H groups in total. The van der Waals surface area contributed by atoms with E-state index in [4.69, 9.17) is 22.1 Å². The Labute approximate surface area is 167 Å². The molecule has 2 aromatic rings. The van der Waals surface area contributed by atoms with E-state index in [0.717, 1.165) is 10.6 Å². The Morgan fingerprint density at radius 2 is 1.88 bits per heavy atom. The largest absolute Gasteiger partial charge is 0.465 e. The van der Waals surface area contributed by atoms with E-state index in [-0.39, 0.29) is 37.7 Å². The summed E-state index contributed by atoms with van der Waals surface area (Å²) in [7, 11) is 1.20. The van der Waals surface area contributed by atoms with Crippen LogP contribution in [0, 0.1) is 0 Å². The molecule has 0 unspecified atom stereocenters. The molecular weight excluding hydrogens is 497 g/mol. The van der Waals surface area contributed by atoms with Crippen molar-refractivity contribution in [2.24, 2.45) is 0 Å². The van der Waals surface area contributed by atoms with Crippen LogP contribution in [-0.4, -0.2) is 29.5 Å². The molecule has 2 amide bonds. The quantitative estimate of drug-likeness (QED) is 0.477. The highest BCUT2D eigenvalue weighted by Crippen LogP contribution is 2.38. The average molecular weight is 506 g/mol. The van der Waals surface area contributed by atoms with Gasteiger partial charge in [-0.15, -0.1) is 0 Å². The van der Waals surface area contributed by atoms with Crippen molar-refractivity contribution < 1.29 is 19.1 Å². The van der Waals surface area contributed by atoms with Crippen molar-refractivity contribution >= 4 is 67.1 Å². The summed E-state index contributed by atoms with van der Waals surface area (Å²) in [6, 6.07) is 2.37. The number of carbonyl (C=O) groups is 3. The number of fused-ring (bicyclic) bond motifs is 1. The number of hydrogen-bond acceptors (Lipinski definition) is 6. The van der Waals surface area contributed by atoms with Gasteiger partial charge in [0.25, 0.3) is 17.4 Å². The molecule has 0 atom stereocenters. The van der Waals surface area contributed by atoms with Crippen LogP contribution in [0.15, 0.2) is 25.9 Å². The second kappa shape index (κ2) is 6.53. The molecule has 0 aliphatic carbocycles. The third-order valence-electron chi connectivity index (χ3n) is 3.71. The Morgan fingerprint density at radius 1 is 1.23 bits per heavy atom. The van der Waals surface area contributed by atoms with Crippen molar-refractivity contribution in [2.45, 2.75) is 0 Å². The number of rotatable bonds is 2. The van der Waals surface area contributed by atoms with E-state index in [1.807, 2.05) is 0 Å². The van der Waals surface area contributed by atoms with Crippen molar-refractivity contribution in [1.29, 1.82) is 0 Å². The zero-order valence-corrected chi connectivity index (χ0v) is 16.8. The first-order valence-electron chi connectivity index (χ1n) is 6.86. The SMILES string of the molecule is COC(=O)c1c(Br)cc(Cl)c(-n2c(N)c3c(cc2=O)C(=O)NC3=O)c1Br. The summed E-state index contributed by atoms with van der Waals surface area (Å²) in [5.74, 6) is -2.41. The van der Waals surface area contributed by atoms with E-state index in [0.29, 0.717) is 4.47 Å². The van der Waals surface area contributed by atoms with Crippen LogP contribution in [0.5, 0.6) is 0 Å². The number of nitrogens with one attached hydrogen (secondary N) is 1. The molecule has 26 heavy (non-hydrogen) atoms. The summed E-state index contributed by atoms with van der Waals surface area (Å²) < 4.78 is 6.12. The minimum atomic E-state index is -0.728. The van der Waals surface area contributed by atoms with Crippen molar-refractivity contribution in [3.8, 4) is 5.69 Å². The van der Waals surface area contributed by atoms with Crippen LogP contribution in [-0.2, 0) is 4.74 Å². The fraction of sp³-hybridized carbons (Fsp3) is 0.0667. The molecule has 3 rings (SSSR count). The van der Waals surface area contributed by atoms with Gasteiger partial charge in [-0.05, 0) is 37.9 Å². The number of pyridine rings is 1. The number of nitrogens with two attached hydrogens (primary N) is 1. The maximum absolute atomic E-state index is 12.6. The van der Waals surface area contributed by atoms with E-state index in [1.165, 1.54) is 13.2 Å². The number of ether oxygens (including phenoxy) is 1. The van der Waals surface area contributed by atoms with Crippen molar-refractivity contribution in [2.75, 3.05) is 12.8 Å². The summed E-state index contributed by atoms with van der Waals surface area (Å²) >= 11 is 12.7. The van der Waals surface area contributed by atoms with Gasteiger partial charge in [0.1, 0.15) is 5.82 Å². The van der Waals surface area contributed by atoms with Crippen LogP contribution in [0.1, 0.15) is 31.1 Å². The number of anilines is 1. The number of imide groups is 1. The highest BCUT2D eigenvalue weighted by atomic mass is 79.9. The molecular formula is C15H8Br2ClN3O5. The predicted octanol–water partition coefficient (Wildman–Crippen LogP) is 2.27. The molecule has 1 aliphatic rings. The van der Waals surface area contributed by atoms with E-state index >= 15 is 0 Å². The van der Waals surface area contributed by atoms with Crippen LogP contribution in [0.3, 0.4) is 0 Å². The van der Waals surface area contributed by atoms with Crippen molar-refractivity contribution in [1.82, 2.24) is 9.88 Å². The Bertz CT molecular complexity index is 1080. The van der Waals surface area contributed by atoms with Gasteiger partial charge < -0.3 is 10.5 Å². The smallest absolute Gasteiger partial charge is 0.340 e. The first-order chi connectivity index (χ1) is 12.2. The van der Waals surface area contributed by atoms with Crippen LogP contribution in [0.25, 0.3) is 5.69 Å². The fourth-order valence-electron chi connectivity index (χ4n) is 2.58. The summed E-state index contributed by atoms with van der Waals surface area (Å²) in [6.07, 6.45) is 0. The van der Waals surface area contributed by atoms with Crippen molar-refractivity contribution in [3.63, 3.8) is 0 Å². The van der Waals surface area contributed by atoms with Gasteiger partial charge in [-0.1, -0.05) is 11.6 Å². The molecule has 8 nitrogen and oxygen atoms in total. The minimum absolute atomic E-state index is 0.0349. The van der Waals surface area contributed by atoms with Crippen LogP contribution in [0.2, 0.25) is 5.02 Å². The van der Waals surface area contributed by atoms with E-state index in [9.17, 15) is 19.2 Å². The fourth-order valence-corrected chi connectivity index (χ4v) is 4.74. The van der Waals surface area contributed by atoms with Gasteiger partial charge in [-0.2, -0.15) is 0 Å². The van der Waals surface area contributed by atoms with E-state index < -0.39 is 23.3 Å². The molecule has 0 radical (unpaired) electrons. The van der Waals surface area contributed by atoms with Gasteiger partial charge in [-0.25, -0.2) is 4.79 Å². The number of nitrogen functional groups attached to an aromatic ring is 1. The number of methoxy groups -OCH3 is 1. The lowest BCUT2D eigenvalue weighted by Crippen LogP contribution is -2.25. The molecule has 1 aromatic heterocycles. The van der Waals surface area contributed by atoms with Gasteiger partial charge in [-0.3, -0.25) is 24.3 Å². The molecule has 0 bridgehead atoms. The van der Waals surface area contributed by atoms with Crippen LogP contribution in [0.4, 0.5) is 5.82 Å². The molecule has 134 valence electrons. The highest BCUT2D eigenvalue weighted by Gasteiger charge is 2.33. The topological polar surface area (TPSA) is 120 Å². The molecule has 0 fully saturated rings. The van der Waals surface area contributed by atoms with Gasteiger partial charge in [0.05, 0.1) is 39.0 Å². The predicted molar refractivity (Wildman–Crippen MR) is 100.0 cm³/mol. The summed E-state index contributed by atoms with van der Waals surface area (Å²) in [6.45, 7) is 0. The lowest BCUT2D eigenvalue weighted by molar-refractivity contribution is 0.0598. The number of esters is 1. The Hall–Kier alpha value is -2.17. The van der Waals surface area contributed by atoms with E-state index in [2.05, 4.69) is 37.2 Å². The van der Waals surface area contributed by atoms with Gasteiger partial charge in [0.15, 0.2) is 0 Å². The molecule has 1 aliphatic heterocycles. The number of nitrogens with zero attached hydrogens (tertiary/aromatic N) is 1. The van der Waals surface area contributed by atoms with Gasteiger partial charge in [0, 0.05) is 10.5 Å². The zero-order chi connectivity index (χ0) is 19.3. The average Bonchev–Trinajstić information content (AvgIpc) is 2.83. The van der Waals surface area contributed by atoms with Crippen LogP contribution >= 0.6 is 43.5 Å². The minimum Gasteiger partial charge on any atom is -0.465 e. The third-order valence-corrected chi connectivity index (χ3v) is 5.40. The molecule has 0 saturated carbocycles. The first-order valence-corrected chi connectivity index (χ1v) is 8.82. The number of amides is 2. The lowest BCUT2D eigenvalue weighted by atomic mass is 10.1. The first kappa shape index (κ1) is 18.6. The van der Waals surface area contributed by atoms with Gasteiger partial charge in [0.2, 0.25) is 0 Å². The molecule has 2 heterocycles. The van der Waals surface area contributed by atoms with Gasteiger partial charge >= 0.3 is 5.97 Å². The number of benzene rings is 1. The highest BCUT2D eigenvalue weighted by molar-refractivity contribution is 9.11. The molecule has 11 heteroatoms. The monoisotopic (exact) mass is 503 g/mol. The number of aromatic nitrogens is 1. The standard InChI is InChI=1S/C15H8Br2ClN3O5/c1-26-15(25)9-5(16)3-6(18)11(10(9)17)21-7(22)2-4-8(12(21)19)14(24)20-13(4)23/h2-3H,19H2,1H3,(H,20,23,24). The van der Waals surface area contributed by atoms with Crippen LogP contribution < -0.4 is 16.6 Å². The second-order valence-electron chi connectivity index (χ2n) is 5.14. The summed E-state index contributed by atoms with van der Waals surface area (Å²) in [4.78, 5) is 48.4. The second-order valence-corrected chi connectivity index (χ2v) is 7.20. The number of hydrogen-bond donors (Lipinski definition) is 2. The normalized spacial score (nSPS) is 12.8. The number of carbonyl (C=O) groups excluding carboxylic acids is 3. The maximum atomic E-state index is 12.6. The molecule has 0 spiro atoms. The zero-order valence-electron chi connectivity index (χ0n) is 12.9. The Kier molecular flexibility index (Phi) is 4.67. The third kappa shape index (κ3) is 2.65. The number of halogens is 3. The van der Waals surface area contributed by atoms with E-state index in [1.54, 1.807) is 0 Å². The molecule has 0 saturated heterocycles. The summed E-state index contributed by atoms with van der Waals surface area (Å²) in [5.41, 5.74) is 5.14. The Balaban J connectivity index is 2.42. The maximum Gasteiger partial charge on any atom is 0.340 e. The lowest BCUT2D eigenvalue weighted by Gasteiger charge is -2.17.